The fourth-order valence-electron chi connectivity index (χ4n) is 3.93. The van der Waals surface area contributed by atoms with Crippen molar-refractivity contribution in [3.8, 4) is 0 Å². The number of benzene rings is 1. The molecule has 1 aliphatic carbocycles. The minimum absolute atomic E-state index is 0.288. The standard InChI is InChI=1S/C21H26BrClN2OSi/c1-27(2,3)10-9-26-14-25-13-21(11-16(21)15-7-5-4-6-8-15)18-19(23)17(22)12-24-20(18)25/h4-8,12,16H,9-11,13-14H2,1-3H3/i13D. The number of pyridine rings is 1. The van der Waals surface area contributed by atoms with E-state index in [2.05, 4.69) is 64.8 Å². The monoisotopic (exact) mass is 465 g/mol. The Morgan fingerprint density at radius 3 is 2.81 bits per heavy atom. The molecular formula is C21H26BrClN2OSi. The van der Waals surface area contributed by atoms with Crippen LogP contribution in [0.4, 0.5) is 5.82 Å². The molecule has 0 saturated heterocycles. The number of ether oxygens (including phenoxy) is 1. The third kappa shape index (κ3) is 3.71. The van der Waals surface area contributed by atoms with Gasteiger partial charge in [-0.1, -0.05) is 61.6 Å². The SMILES string of the molecule is [2H]C1N(COCC[Si](C)(C)C)c2ncc(Br)c(Cl)c2C12CC2c1ccccc1. The van der Waals surface area contributed by atoms with Crippen molar-refractivity contribution in [2.24, 2.45) is 0 Å². The average Bonchev–Trinajstić information content (AvgIpc) is 3.35. The van der Waals surface area contributed by atoms with Crippen LogP contribution in [-0.4, -0.2) is 32.9 Å². The molecule has 144 valence electrons. The molecule has 1 fully saturated rings. The molecule has 1 saturated carbocycles. The van der Waals surface area contributed by atoms with Gasteiger partial charge in [-0.05, 0) is 39.9 Å². The summed E-state index contributed by atoms with van der Waals surface area (Å²) in [5.41, 5.74) is 1.96. The normalized spacial score (nSPS) is 27.0. The first-order valence-electron chi connectivity index (χ1n) is 9.99. The van der Waals surface area contributed by atoms with Crippen LogP contribution in [0.3, 0.4) is 0 Å². The molecule has 27 heavy (non-hydrogen) atoms. The van der Waals surface area contributed by atoms with Gasteiger partial charge in [0.25, 0.3) is 0 Å². The van der Waals surface area contributed by atoms with Gasteiger partial charge in [0.05, 0.1) is 10.9 Å². The lowest BCUT2D eigenvalue weighted by Crippen LogP contribution is -2.30. The van der Waals surface area contributed by atoms with Crippen molar-refractivity contribution < 1.29 is 6.11 Å². The fourth-order valence-corrected chi connectivity index (χ4v) is 5.30. The quantitative estimate of drug-likeness (QED) is 0.382. The summed E-state index contributed by atoms with van der Waals surface area (Å²) in [7, 11) is -1.14. The van der Waals surface area contributed by atoms with Crippen LogP contribution in [0, 0.1) is 0 Å². The predicted octanol–water partition coefficient (Wildman–Crippen LogP) is 6.06. The summed E-state index contributed by atoms with van der Waals surface area (Å²) in [5, 5.41) is 0.685. The zero-order valence-electron chi connectivity index (χ0n) is 17.0. The molecule has 1 spiro atoms. The number of aromatic nitrogens is 1. The molecule has 3 unspecified atom stereocenters. The molecular weight excluding hydrogens is 440 g/mol. The second-order valence-corrected chi connectivity index (χ2v) is 15.6. The maximum Gasteiger partial charge on any atom is 0.135 e. The number of nitrogens with zero attached hydrogens (tertiary/aromatic N) is 2. The van der Waals surface area contributed by atoms with E-state index < -0.39 is 14.6 Å². The molecule has 6 heteroatoms. The Labute approximate surface area is 177 Å². The Morgan fingerprint density at radius 2 is 2.11 bits per heavy atom. The highest BCUT2D eigenvalue weighted by Crippen LogP contribution is 2.67. The van der Waals surface area contributed by atoms with Crippen LogP contribution in [0.25, 0.3) is 0 Å². The largest absolute Gasteiger partial charge is 0.361 e. The van der Waals surface area contributed by atoms with E-state index in [1.807, 2.05) is 11.0 Å². The highest BCUT2D eigenvalue weighted by atomic mass is 79.9. The van der Waals surface area contributed by atoms with Gasteiger partial charge in [-0.2, -0.15) is 0 Å². The molecule has 1 aromatic heterocycles. The van der Waals surface area contributed by atoms with E-state index in [1.165, 1.54) is 5.56 Å². The molecule has 4 rings (SSSR count). The van der Waals surface area contributed by atoms with Gasteiger partial charge in [0.15, 0.2) is 0 Å². The molecule has 0 N–H and O–H groups in total. The average molecular weight is 467 g/mol. The predicted molar refractivity (Wildman–Crippen MR) is 119 cm³/mol. The van der Waals surface area contributed by atoms with Gasteiger partial charge in [-0.15, -0.1) is 0 Å². The van der Waals surface area contributed by atoms with Crippen molar-refractivity contribution in [1.29, 1.82) is 0 Å². The minimum Gasteiger partial charge on any atom is -0.361 e. The van der Waals surface area contributed by atoms with Crippen molar-refractivity contribution >= 4 is 41.4 Å². The summed E-state index contributed by atoms with van der Waals surface area (Å²) >= 11 is 10.3. The van der Waals surface area contributed by atoms with E-state index >= 15 is 0 Å². The Balaban J connectivity index is 1.63. The summed E-state index contributed by atoms with van der Waals surface area (Å²) in [5.74, 6) is 1.09. The number of halogens is 2. The Morgan fingerprint density at radius 1 is 1.37 bits per heavy atom. The first-order valence-corrected chi connectivity index (χ1v) is 14.3. The van der Waals surface area contributed by atoms with E-state index in [4.69, 9.17) is 17.7 Å². The van der Waals surface area contributed by atoms with E-state index in [1.54, 1.807) is 6.20 Å². The van der Waals surface area contributed by atoms with Gasteiger partial charge < -0.3 is 9.64 Å². The number of hydrogen-bond acceptors (Lipinski definition) is 3. The smallest absolute Gasteiger partial charge is 0.135 e. The molecule has 1 aliphatic heterocycles. The van der Waals surface area contributed by atoms with E-state index in [-0.39, 0.29) is 11.3 Å². The summed E-state index contributed by atoms with van der Waals surface area (Å²) in [4.78, 5) is 6.63. The lowest BCUT2D eigenvalue weighted by molar-refractivity contribution is 0.146. The molecule has 2 heterocycles. The van der Waals surface area contributed by atoms with Crippen LogP contribution < -0.4 is 4.90 Å². The molecule has 0 amide bonds. The number of anilines is 1. The zero-order chi connectivity index (χ0) is 20.1. The first-order chi connectivity index (χ1) is 13.3. The van der Waals surface area contributed by atoms with Gasteiger partial charge in [0.1, 0.15) is 12.5 Å². The third-order valence-electron chi connectivity index (χ3n) is 5.51. The van der Waals surface area contributed by atoms with Crippen molar-refractivity contribution in [2.75, 3.05) is 24.8 Å². The molecule has 2 aromatic rings. The maximum atomic E-state index is 9.09. The van der Waals surface area contributed by atoms with E-state index in [9.17, 15) is 0 Å². The molecule has 3 nitrogen and oxygen atoms in total. The van der Waals surface area contributed by atoms with Crippen LogP contribution in [0.1, 0.15) is 24.8 Å². The number of rotatable bonds is 6. The van der Waals surface area contributed by atoms with E-state index in [0.29, 0.717) is 11.8 Å². The van der Waals surface area contributed by atoms with Gasteiger partial charge in [0.2, 0.25) is 0 Å². The van der Waals surface area contributed by atoms with Crippen molar-refractivity contribution in [1.82, 2.24) is 4.98 Å². The Kier molecular flexibility index (Phi) is 4.83. The summed E-state index contributed by atoms with van der Waals surface area (Å²) in [6, 6.07) is 11.6. The lowest BCUT2D eigenvalue weighted by atomic mass is 9.94. The third-order valence-corrected chi connectivity index (χ3v) is 8.44. The van der Waals surface area contributed by atoms with Crippen LogP contribution in [-0.2, 0) is 10.2 Å². The van der Waals surface area contributed by atoms with Crippen molar-refractivity contribution in [3.05, 3.63) is 57.2 Å². The number of fused-ring (bicyclic) bond motifs is 2. The van der Waals surface area contributed by atoms with Crippen molar-refractivity contribution in [3.63, 3.8) is 0 Å². The Bertz CT molecular complexity index is 879. The summed E-state index contributed by atoms with van der Waals surface area (Å²) in [6.07, 6.45) is 2.66. The molecule has 0 bridgehead atoms. The molecule has 0 radical (unpaired) electrons. The highest BCUT2D eigenvalue weighted by molar-refractivity contribution is 9.10. The summed E-state index contributed by atoms with van der Waals surface area (Å²) in [6.45, 7) is 7.71. The molecule has 3 atom stereocenters. The molecule has 2 aliphatic rings. The minimum atomic E-state index is -1.14. The van der Waals surface area contributed by atoms with Crippen LogP contribution >= 0.6 is 27.5 Å². The fraction of sp³-hybridized carbons (Fsp3) is 0.476. The van der Waals surface area contributed by atoms with E-state index in [0.717, 1.165) is 34.9 Å². The topological polar surface area (TPSA) is 25.4 Å². The van der Waals surface area contributed by atoms with Crippen LogP contribution in [0.2, 0.25) is 30.7 Å². The second-order valence-electron chi connectivity index (χ2n) is 8.77. The zero-order valence-corrected chi connectivity index (χ0v) is 19.3. The van der Waals surface area contributed by atoms with Crippen LogP contribution in [0.5, 0.6) is 0 Å². The maximum absolute atomic E-state index is 9.09. The second kappa shape index (κ2) is 7.18. The first kappa shape index (κ1) is 18.2. The van der Waals surface area contributed by atoms with Gasteiger partial charge in [-0.25, -0.2) is 4.98 Å². The van der Waals surface area contributed by atoms with Gasteiger partial charge in [0, 0.05) is 38.4 Å². The number of hydrogen-bond donors (Lipinski definition) is 0. The van der Waals surface area contributed by atoms with Crippen molar-refractivity contribution in [2.45, 2.75) is 43.4 Å². The van der Waals surface area contributed by atoms with Gasteiger partial charge in [-0.3, -0.25) is 0 Å². The summed E-state index contributed by atoms with van der Waals surface area (Å²) < 4.78 is 15.9. The lowest BCUT2D eigenvalue weighted by Gasteiger charge is -2.21. The van der Waals surface area contributed by atoms with Gasteiger partial charge >= 0.3 is 0 Å². The van der Waals surface area contributed by atoms with Crippen LogP contribution in [0.15, 0.2) is 41.0 Å². The molecule has 1 aromatic carbocycles. The highest BCUT2D eigenvalue weighted by Gasteiger charge is 2.62. The Hall–Kier alpha value is -0.883.